The first-order chi connectivity index (χ1) is 17.0. The molecule has 0 radical (unpaired) electrons. The third kappa shape index (κ3) is 4.66. The highest BCUT2D eigenvalue weighted by Gasteiger charge is 2.43. The van der Waals surface area contributed by atoms with Gasteiger partial charge in [0.25, 0.3) is 5.56 Å². The highest BCUT2D eigenvalue weighted by Crippen LogP contribution is 2.48. The fourth-order valence-electron chi connectivity index (χ4n) is 5.81. The molecule has 0 unspecified atom stereocenters. The summed E-state index contributed by atoms with van der Waals surface area (Å²) in [4.78, 5) is 30.7. The Morgan fingerprint density at radius 1 is 1.09 bits per heavy atom. The van der Waals surface area contributed by atoms with Gasteiger partial charge in [-0.05, 0) is 42.9 Å². The number of carbonyl (C=O) groups is 1. The maximum Gasteiger partial charge on any atom is 0.258 e. The molecule has 2 aliphatic rings. The Kier molecular flexibility index (Phi) is 6.79. The Morgan fingerprint density at radius 2 is 1.80 bits per heavy atom. The quantitative estimate of drug-likeness (QED) is 0.225. The molecular formula is C30H32N2O2S. The second kappa shape index (κ2) is 9.98. The molecule has 0 atom stereocenters. The number of fused-ring (bicyclic) bond motifs is 4. The van der Waals surface area contributed by atoms with Gasteiger partial charge < -0.3 is 0 Å². The number of allylic oxidation sites excluding steroid dienone is 1. The average molecular weight is 485 g/mol. The van der Waals surface area contributed by atoms with E-state index in [1.165, 1.54) is 24.8 Å². The summed E-state index contributed by atoms with van der Waals surface area (Å²) in [5, 5.41) is 0.740. The van der Waals surface area contributed by atoms with Crippen molar-refractivity contribution in [3.8, 4) is 11.3 Å². The summed E-state index contributed by atoms with van der Waals surface area (Å²) in [6, 6.07) is 16.6. The smallest absolute Gasteiger partial charge is 0.258 e. The van der Waals surface area contributed by atoms with Gasteiger partial charge >= 0.3 is 0 Å². The highest BCUT2D eigenvalue weighted by molar-refractivity contribution is 7.98. The van der Waals surface area contributed by atoms with Crippen LogP contribution in [-0.4, -0.2) is 15.3 Å². The number of aromatic nitrogens is 2. The third-order valence-electron chi connectivity index (χ3n) is 7.43. The van der Waals surface area contributed by atoms with E-state index in [9.17, 15) is 9.59 Å². The van der Waals surface area contributed by atoms with Crippen LogP contribution in [0.3, 0.4) is 0 Å². The zero-order valence-corrected chi connectivity index (χ0v) is 21.2. The fraction of sp³-hybridized carbons (Fsp3) is 0.367. The lowest BCUT2D eigenvalue weighted by molar-refractivity contribution is -0.116. The third-order valence-corrected chi connectivity index (χ3v) is 8.48. The van der Waals surface area contributed by atoms with Crippen molar-refractivity contribution in [1.29, 1.82) is 0 Å². The van der Waals surface area contributed by atoms with Crippen molar-refractivity contribution in [3.63, 3.8) is 0 Å². The SMILES string of the molecule is C=CCn1c(SCc2ccc(CC(C)=O)cc2)nc2c(c1=O)C1(CCCCC1)Cc1ccccc1-2. The van der Waals surface area contributed by atoms with E-state index in [0.29, 0.717) is 18.7 Å². The first-order valence-electron chi connectivity index (χ1n) is 12.6. The van der Waals surface area contributed by atoms with Crippen molar-refractivity contribution in [1.82, 2.24) is 9.55 Å². The number of benzene rings is 2. The summed E-state index contributed by atoms with van der Waals surface area (Å²) >= 11 is 1.59. The van der Waals surface area contributed by atoms with Gasteiger partial charge in [0.1, 0.15) is 5.78 Å². The van der Waals surface area contributed by atoms with E-state index in [1.54, 1.807) is 24.8 Å². The van der Waals surface area contributed by atoms with Crippen molar-refractivity contribution in [2.24, 2.45) is 0 Å². The molecule has 1 saturated carbocycles. The zero-order chi connectivity index (χ0) is 24.4. The molecule has 2 aromatic carbocycles. The standard InChI is InChI=1S/C30H32N2O2S/c1-3-17-32-28(34)26-27(25-10-6-5-9-24(25)19-30(26)15-7-4-8-16-30)31-29(32)35-20-23-13-11-22(12-14-23)18-21(2)33/h3,5-6,9-14H,1,4,7-8,15-20H2,2H3. The number of Topliss-reactive ketones (excluding diaryl/α,β-unsaturated/α-hetero) is 1. The van der Waals surface area contributed by atoms with Crippen LogP contribution in [0.4, 0.5) is 0 Å². The summed E-state index contributed by atoms with van der Waals surface area (Å²) in [6.07, 6.45) is 8.86. The van der Waals surface area contributed by atoms with E-state index in [0.717, 1.165) is 52.4 Å². The predicted octanol–water partition coefficient (Wildman–Crippen LogP) is 6.28. The number of hydrogen-bond acceptors (Lipinski definition) is 4. The van der Waals surface area contributed by atoms with Gasteiger partial charge in [-0.2, -0.15) is 0 Å². The molecule has 1 fully saturated rings. The van der Waals surface area contributed by atoms with Crippen molar-refractivity contribution in [2.75, 3.05) is 0 Å². The Labute approximate surface area is 211 Å². The van der Waals surface area contributed by atoms with E-state index >= 15 is 0 Å². The van der Waals surface area contributed by atoms with Gasteiger partial charge in [-0.25, -0.2) is 4.98 Å². The van der Waals surface area contributed by atoms with Crippen LogP contribution < -0.4 is 5.56 Å². The molecule has 35 heavy (non-hydrogen) atoms. The molecule has 0 saturated heterocycles. The van der Waals surface area contributed by atoms with Crippen molar-refractivity contribution in [3.05, 3.63) is 93.8 Å². The van der Waals surface area contributed by atoms with E-state index < -0.39 is 0 Å². The molecule has 2 aliphatic carbocycles. The van der Waals surface area contributed by atoms with Crippen LogP contribution in [0.15, 0.2) is 71.1 Å². The van der Waals surface area contributed by atoms with Crippen molar-refractivity contribution in [2.45, 2.75) is 74.7 Å². The Balaban J connectivity index is 1.56. The molecule has 1 aromatic heterocycles. The largest absolute Gasteiger partial charge is 0.300 e. The topological polar surface area (TPSA) is 52.0 Å². The van der Waals surface area contributed by atoms with Crippen LogP contribution in [-0.2, 0) is 35.3 Å². The van der Waals surface area contributed by atoms with E-state index in [4.69, 9.17) is 4.98 Å². The second-order valence-electron chi connectivity index (χ2n) is 9.98. The van der Waals surface area contributed by atoms with Gasteiger partial charge in [0, 0.05) is 29.7 Å². The van der Waals surface area contributed by atoms with E-state index in [1.807, 2.05) is 22.8 Å². The van der Waals surface area contributed by atoms with Crippen LogP contribution >= 0.6 is 11.8 Å². The van der Waals surface area contributed by atoms with Crippen LogP contribution in [0, 0.1) is 0 Å². The van der Waals surface area contributed by atoms with Crippen molar-refractivity contribution < 1.29 is 4.79 Å². The molecular weight excluding hydrogens is 452 g/mol. The molecule has 0 bridgehead atoms. The second-order valence-corrected chi connectivity index (χ2v) is 10.9. The summed E-state index contributed by atoms with van der Waals surface area (Å²) < 4.78 is 1.82. The molecule has 4 nitrogen and oxygen atoms in total. The minimum atomic E-state index is -0.106. The summed E-state index contributed by atoms with van der Waals surface area (Å²) in [5.74, 6) is 0.866. The Hall–Kier alpha value is -2.92. The van der Waals surface area contributed by atoms with E-state index in [-0.39, 0.29) is 16.8 Å². The normalized spacial score (nSPS) is 15.9. The predicted molar refractivity (Wildman–Crippen MR) is 143 cm³/mol. The molecule has 0 amide bonds. The Bertz CT molecular complexity index is 1320. The molecule has 0 N–H and O–H groups in total. The number of rotatable bonds is 7. The van der Waals surface area contributed by atoms with Gasteiger partial charge in [0.2, 0.25) is 0 Å². The molecule has 180 valence electrons. The lowest BCUT2D eigenvalue weighted by atomic mass is 9.62. The fourth-order valence-corrected chi connectivity index (χ4v) is 6.77. The first kappa shape index (κ1) is 23.8. The molecule has 3 aromatic rings. The van der Waals surface area contributed by atoms with E-state index in [2.05, 4.69) is 36.9 Å². The average Bonchev–Trinajstić information content (AvgIpc) is 2.85. The molecule has 5 rings (SSSR count). The molecule has 0 aliphatic heterocycles. The number of thioether (sulfide) groups is 1. The van der Waals surface area contributed by atoms with Crippen LogP contribution in [0.25, 0.3) is 11.3 Å². The van der Waals surface area contributed by atoms with Crippen LogP contribution in [0.1, 0.15) is 61.3 Å². The van der Waals surface area contributed by atoms with Crippen molar-refractivity contribution >= 4 is 17.5 Å². The van der Waals surface area contributed by atoms with Gasteiger partial charge in [0.15, 0.2) is 5.16 Å². The molecule has 1 spiro atoms. The number of hydrogen-bond donors (Lipinski definition) is 0. The number of carbonyl (C=O) groups excluding carboxylic acids is 1. The summed E-state index contributed by atoms with van der Waals surface area (Å²) in [6.45, 7) is 5.98. The van der Waals surface area contributed by atoms with Gasteiger partial charge in [-0.15, -0.1) is 6.58 Å². The van der Waals surface area contributed by atoms with Gasteiger partial charge in [-0.1, -0.05) is 85.6 Å². The van der Waals surface area contributed by atoms with Crippen LogP contribution in [0.5, 0.6) is 0 Å². The molecule has 1 heterocycles. The minimum absolute atomic E-state index is 0.102. The maximum absolute atomic E-state index is 14.1. The van der Waals surface area contributed by atoms with Gasteiger partial charge in [0.05, 0.1) is 11.3 Å². The summed E-state index contributed by atoms with van der Waals surface area (Å²) in [7, 11) is 0. The zero-order valence-electron chi connectivity index (χ0n) is 20.4. The Morgan fingerprint density at radius 3 is 2.51 bits per heavy atom. The lowest BCUT2D eigenvalue weighted by Crippen LogP contribution is -2.43. The first-order valence-corrected chi connectivity index (χ1v) is 13.5. The lowest BCUT2D eigenvalue weighted by Gasteiger charge is -2.42. The number of ketones is 1. The minimum Gasteiger partial charge on any atom is -0.300 e. The monoisotopic (exact) mass is 484 g/mol. The van der Waals surface area contributed by atoms with Gasteiger partial charge in [-0.3, -0.25) is 14.2 Å². The maximum atomic E-state index is 14.1. The van der Waals surface area contributed by atoms with Crippen LogP contribution in [0.2, 0.25) is 0 Å². The highest BCUT2D eigenvalue weighted by atomic mass is 32.2. The summed E-state index contributed by atoms with van der Waals surface area (Å²) in [5.41, 5.74) is 6.40. The molecule has 5 heteroatoms. The number of nitrogens with zero attached hydrogens (tertiary/aromatic N) is 2.